The normalized spacial score (nSPS) is 31.5. The summed E-state index contributed by atoms with van der Waals surface area (Å²) in [6.07, 6.45) is 6.91. The first-order valence-corrected chi connectivity index (χ1v) is 16.9. The molecule has 1 aromatic carbocycles. The van der Waals surface area contributed by atoms with E-state index in [1.54, 1.807) is 12.1 Å². The first-order valence-electron chi connectivity index (χ1n) is 15.3. The summed E-state index contributed by atoms with van der Waals surface area (Å²) in [5.74, 6) is -2.73. The van der Waals surface area contributed by atoms with Gasteiger partial charge in [-0.25, -0.2) is 17.6 Å². The van der Waals surface area contributed by atoms with Gasteiger partial charge in [0.15, 0.2) is 0 Å². The molecule has 0 aromatic heterocycles. The molecule has 44 heavy (non-hydrogen) atoms. The van der Waals surface area contributed by atoms with Crippen LogP contribution < -0.4 is 15.8 Å². The number of fused-ring (bicyclic) bond motifs is 3. The average Bonchev–Trinajstić information content (AvgIpc) is 3.86. The van der Waals surface area contributed by atoms with E-state index in [2.05, 4.69) is 10.0 Å². The third-order valence-corrected chi connectivity index (χ3v) is 11.2. The maximum absolute atomic E-state index is 14.2. The van der Waals surface area contributed by atoms with Gasteiger partial charge in [0, 0.05) is 24.4 Å². The maximum atomic E-state index is 14.2. The molecule has 3 aliphatic heterocycles. The number of halogens is 1. The van der Waals surface area contributed by atoms with E-state index in [-0.39, 0.29) is 32.5 Å². The van der Waals surface area contributed by atoms with Crippen LogP contribution in [0.25, 0.3) is 0 Å². The Bertz CT molecular complexity index is 1500. The lowest BCUT2D eigenvalue weighted by Crippen LogP contribution is -2.57. The van der Waals surface area contributed by atoms with Crippen LogP contribution in [0.15, 0.2) is 30.4 Å². The van der Waals surface area contributed by atoms with E-state index in [0.29, 0.717) is 36.8 Å². The van der Waals surface area contributed by atoms with Gasteiger partial charge in [0.25, 0.3) is 5.91 Å². The second-order valence-corrected chi connectivity index (χ2v) is 14.6. The summed E-state index contributed by atoms with van der Waals surface area (Å²) < 4.78 is 47.3. The van der Waals surface area contributed by atoms with Crippen LogP contribution in [0.3, 0.4) is 0 Å². The van der Waals surface area contributed by atoms with E-state index >= 15 is 0 Å². The molecule has 0 bridgehead atoms. The zero-order valence-electron chi connectivity index (χ0n) is 24.4. The fourth-order valence-corrected chi connectivity index (χ4v) is 7.83. The Kier molecular flexibility index (Phi) is 8.16. The first kappa shape index (κ1) is 30.5. The van der Waals surface area contributed by atoms with E-state index < -0.39 is 74.5 Å². The molecule has 0 spiro atoms. The number of ether oxygens (including phenoxy) is 1. The molecule has 14 heteroatoms. The quantitative estimate of drug-likeness (QED) is 0.421. The van der Waals surface area contributed by atoms with Crippen molar-refractivity contribution < 1.29 is 36.7 Å². The van der Waals surface area contributed by atoms with Crippen molar-refractivity contribution in [1.82, 2.24) is 19.8 Å². The van der Waals surface area contributed by atoms with E-state index in [1.807, 2.05) is 12.2 Å². The molecule has 1 unspecified atom stereocenters. The lowest BCUT2D eigenvalue weighted by atomic mass is 10.1. The highest BCUT2D eigenvalue weighted by Crippen LogP contribution is 2.46. The number of carbonyl (C=O) groups is 4. The third kappa shape index (κ3) is 6.06. The van der Waals surface area contributed by atoms with Crippen LogP contribution in [0.5, 0.6) is 0 Å². The second kappa shape index (κ2) is 11.8. The van der Waals surface area contributed by atoms with Crippen molar-refractivity contribution in [3.05, 3.63) is 47.3 Å². The molecule has 3 heterocycles. The van der Waals surface area contributed by atoms with Crippen molar-refractivity contribution in [2.75, 3.05) is 6.54 Å². The average molecular weight is 632 g/mol. The van der Waals surface area contributed by atoms with E-state index in [0.717, 1.165) is 19.3 Å². The molecule has 4 amide bonds. The Morgan fingerprint density at radius 2 is 1.91 bits per heavy atom. The van der Waals surface area contributed by atoms with Crippen molar-refractivity contribution in [2.45, 2.75) is 99.9 Å². The van der Waals surface area contributed by atoms with E-state index in [1.165, 1.54) is 15.9 Å². The molecule has 238 valence electrons. The Labute approximate surface area is 255 Å². The van der Waals surface area contributed by atoms with Gasteiger partial charge in [-0.15, -0.1) is 0 Å². The number of nitrogens with two attached hydrogens (primary N) is 1. The monoisotopic (exact) mass is 631 g/mol. The van der Waals surface area contributed by atoms with Gasteiger partial charge in [0.2, 0.25) is 21.8 Å². The van der Waals surface area contributed by atoms with Crippen LogP contribution in [0.4, 0.5) is 9.18 Å². The zero-order valence-corrected chi connectivity index (χ0v) is 25.2. The fraction of sp³-hybridized carbons (Fsp3) is 0.600. The molecule has 1 saturated heterocycles. The number of rotatable bonds is 4. The summed E-state index contributed by atoms with van der Waals surface area (Å²) in [5.41, 5.74) is 5.89. The van der Waals surface area contributed by atoms with Gasteiger partial charge in [0.05, 0.1) is 24.4 Å². The Morgan fingerprint density at radius 3 is 2.66 bits per heavy atom. The molecule has 5 aliphatic rings. The number of hydrogen-bond donors (Lipinski definition) is 3. The molecule has 2 aliphatic carbocycles. The number of benzene rings is 1. The molecule has 5 atom stereocenters. The molecule has 6 rings (SSSR count). The molecule has 2 saturated carbocycles. The van der Waals surface area contributed by atoms with Crippen molar-refractivity contribution in [1.29, 1.82) is 0 Å². The summed E-state index contributed by atoms with van der Waals surface area (Å²) in [6.45, 7) is 0.137. The first-order chi connectivity index (χ1) is 21.0. The summed E-state index contributed by atoms with van der Waals surface area (Å²) >= 11 is 0. The molecule has 0 radical (unpaired) electrons. The maximum Gasteiger partial charge on any atom is 0.410 e. The number of nitrogens with zero attached hydrogens (tertiary/aromatic N) is 2. The molecule has 3 fully saturated rings. The highest BCUT2D eigenvalue weighted by Gasteiger charge is 2.62. The number of hydrogen-bond acceptors (Lipinski definition) is 8. The van der Waals surface area contributed by atoms with Crippen LogP contribution in [-0.2, 0) is 42.2 Å². The van der Waals surface area contributed by atoms with Crippen molar-refractivity contribution in [3.63, 3.8) is 0 Å². The van der Waals surface area contributed by atoms with Crippen molar-refractivity contribution in [3.8, 4) is 0 Å². The van der Waals surface area contributed by atoms with Crippen LogP contribution in [0, 0.1) is 11.7 Å². The summed E-state index contributed by atoms with van der Waals surface area (Å²) in [4.78, 5) is 56.5. The van der Waals surface area contributed by atoms with Gasteiger partial charge in [-0.1, -0.05) is 37.1 Å². The lowest BCUT2D eigenvalue weighted by Gasteiger charge is -2.28. The summed E-state index contributed by atoms with van der Waals surface area (Å²) in [6, 6.07) is 2.68. The number of allylic oxidation sites excluding steroid dienone is 1. The molecular weight excluding hydrogens is 593 g/mol. The van der Waals surface area contributed by atoms with Gasteiger partial charge in [-0.3, -0.25) is 24.0 Å². The smallest absolute Gasteiger partial charge is 0.410 e. The predicted molar refractivity (Wildman–Crippen MR) is 155 cm³/mol. The largest absolute Gasteiger partial charge is 0.444 e. The minimum absolute atomic E-state index is 0.0379. The minimum atomic E-state index is -3.86. The minimum Gasteiger partial charge on any atom is -0.444 e. The highest BCUT2D eigenvalue weighted by molar-refractivity contribution is 7.91. The van der Waals surface area contributed by atoms with Crippen LogP contribution in [0.2, 0.25) is 0 Å². The Hall–Kier alpha value is -3.52. The summed E-state index contributed by atoms with van der Waals surface area (Å²) in [5, 5.41) is 2.16. The second-order valence-electron chi connectivity index (χ2n) is 12.6. The van der Waals surface area contributed by atoms with Crippen molar-refractivity contribution in [2.24, 2.45) is 11.7 Å². The van der Waals surface area contributed by atoms with Gasteiger partial charge in [-0.2, -0.15) is 0 Å². The van der Waals surface area contributed by atoms with E-state index in [9.17, 15) is 32.0 Å². The van der Waals surface area contributed by atoms with Crippen LogP contribution >= 0.6 is 0 Å². The molecule has 12 nitrogen and oxygen atoms in total. The van der Waals surface area contributed by atoms with Crippen LogP contribution in [-0.4, -0.2) is 77.6 Å². The SMILES string of the molecule is N[C@H]1CCCCC/C=C\[C@@H]2C[C@@]2(C(=O)NS(=O)(=O)C2CC2)NC(=O)C2C[C@@H](OC(=O)N3Cc4cccc(F)c4C3)CN2C1=O. The zero-order chi connectivity index (χ0) is 31.2. The number of sulfonamides is 1. The number of nitrogens with one attached hydrogen (secondary N) is 2. The molecular formula is C30H38FN5O7S. The van der Waals surface area contributed by atoms with E-state index in [4.69, 9.17) is 10.5 Å². The Balaban J connectivity index is 1.20. The molecule has 4 N–H and O–H groups in total. The van der Waals surface area contributed by atoms with Gasteiger partial charge >= 0.3 is 6.09 Å². The van der Waals surface area contributed by atoms with Crippen LogP contribution in [0.1, 0.15) is 68.9 Å². The third-order valence-electron chi connectivity index (χ3n) is 9.34. The topological polar surface area (TPSA) is 168 Å². The van der Waals surface area contributed by atoms with Crippen molar-refractivity contribution >= 4 is 33.8 Å². The highest BCUT2D eigenvalue weighted by atomic mass is 32.2. The Morgan fingerprint density at radius 1 is 1.11 bits per heavy atom. The predicted octanol–water partition coefficient (Wildman–Crippen LogP) is 1.58. The lowest BCUT2D eigenvalue weighted by molar-refractivity contribution is -0.140. The number of carbonyl (C=O) groups excluding carboxylic acids is 4. The van der Waals surface area contributed by atoms with Gasteiger partial charge in [0.1, 0.15) is 23.5 Å². The summed E-state index contributed by atoms with van der Waals surface area (Å²) in [7, 11) is -3.86. The fourth-order valence-electron chi connectivity index (χ4n) is 6.47. The van der Waals surface area contributed by atoms with Gasteiger partial charge in [-0.05, 0) is 50.2 Å². The standard InChI is InChI=1S/C30H38FN5O7S/c31-23-9-6-7-18-15-35(17-22(18)23)29(40)43-20-13-25-26(37)33-30(28(39)34-44(41,42)21-11-12-21)14-19(30)8-4-2-1-3-5-10-24(32)27(38)36(25)16-20/h4,6-9,19-21,24-25H,1-3,5,10-17,32H2,(H,33,37)(H,34,39)/b8-4-/t19-,20-,24+,25?,30-/m1/s1. The van der Waals surface area contributed by atoms with Gasteiger partial charge < -0.3 is 20.7 Å². The number of amides is 4. The molecule has 1 aromatic rings.